The van der Waals surface area contributed by atoms with Crippen molar-refractivity contribution in [1.29, 1.82) is 5.26 Å². The van der Waals surface area contributed by atoms with Crippen molar-refractivity contribution >= 4 is 5.69 Å². The van der Waals surface area contributed by atoms with E-state index in [2.05, 4.69) is 10.3 Å². The molecule has 0 saturated carbocycles. The summed E-state index contributed by atoms with van der Waals surface area (Å²) in [5.41, 5.74) is 1.01. The number of hydrogen-bond acceptors (Lipinski definition) is 4. The molecule has 0 aromatic carbocycles. The lowest BCUT2D eigenvalue weighted by molar-refractivity contribution is -0.187. The predicted octanol–water partition coefficient (Wildman–Crippen LogP) is 2.39. The number of nitrogens with one attached hydrogen (secondary N) is 1. The molecule has 1 aromatic heterocycles. The molecule has 20 heavy (non-hydrogen) atoms. The van der Waals surface area contributed by atoms with Crippen LogP contribution in [-0.2, 0) is 0 Å². The number of aromatic nitrogens is 1. The molecule has 0 aliphatic carbocycles. The molecule has 0 amide bonds. The molecule has 1 saturated heterocycles. The molecular weight excluding hydrogens is 269 g/mol. The number of hydrogen-bond donors (Lipinski definition) is 1. The van der Waals surface area contributed by atoms with Gasteiger partial charge < -0.3 is 5.32 Å². The van der Waals surface area contributed by atoms with Crippen LogP contribution in [0.25, 0.3) is 0 Å². The Labute approximate surface area is 115 Å². The summed E-state index contributed by atoms with van der Waals surface area (Å²) >= 11 is 0. The summed E-state index contributed by atoms with van der Waals surface area (Å²) in [4.78, 5) is 5.16. The number of nitriles is 1. The zero-order chi connectivity index (χ0) is 14.8. The predicted molar refractivity (Wildman–Crippen MR) is 68.1 cm³/mol. The summed E-state index contributed by atoms with van der Waals surface area (Å²) in [5.74, 6) is 0. The van der Waals surface area contributed by atoms with Crippen molar-refractivity contribution in [3.8, 4) is 6.07 Å². The first kappa shape index (κ1) is 14.6. The summed E-state index contributed by atoms with van der Waals surface area (Å²) in [5, 5.41) is 12.1. The number of nitrogens with zero attached hydrogens (tertiary/aromatic N) is 3. The molecule has 2 atom stereocenters. The van der Waals surface area contributed by atoms with Crippen molar-refractivity contribution in [3.05, 3.63) is 24.0 Å². The first-order valence-corrected chi connectivity index (χ1v) is 6.29. The molecule has 1 aliphatic rings. The van der Waals surface area contributed by atoms with Crippen molar-refractivity contribution < 1.29 is 13.2 Å². The van der Waals surface area contributed by atoms with E-state index in [1.54, 1.807) is 12.3 Å². The van der Waals surface area contributed by atoms with Gasteiger partial charge in [0.05, 0.1) is 11.3 Å². The van der Waals surface area contributed by atoms with E-state index in [0.717, 1.165) is 0 Å². The Morgan fingerprint density at radius 2 is 2.20 bits per heavy atom. The van der Waals surface area contributed by atoms with E-state index < -0.39 is 12.2 Å². The van der Waals surface area contributed by atoms with Gasteiger partial charge in [-0.15, -0.1) is 0 Å². The van der Waals surface area contributed by atoms with Gasteiger partial charge in [-0.05, 0) is 26.0 Å². The van der Waals surface area contributed by atoms with Gasteiger partial charge >= 0.3 is 6.18 Å². The third kappa shape index (κ3) is 3.20. The van der Waals surface area contributed by atoms with Gasteiger partial charge in [0.25, 0.3) is 0 Å². The van der Waals surface area contributed by atoms with Crippen LogP contribution >= 0.6 is 0 Å². The van der Waals surface area contributed by atoms with Crippen LogP contribution < -0.4 is 5.32 Å². The Morgan fingerprint density at radius 3 is 2.80 bits per heavy atom. The van der Waals surface area contributed by atoms with Crippen LogP contribution in [0.3, 0.4) is 0 Å². The third-order valence-corrected chi connectivity index (χ3v) is 3.51. The average Bonchev–Trinajstić information content (AvgIpc) is 2.38. The number of pyridine rings is 1. The molecule has 1 aromatic rings. The van der Waals surface area contributed by atoms with Gasteiger partial charge in [-0.1, -0.05) is 0 Å². The first-order valence-electron chi connectivity index (χ1n) is 6.29. The zero-order valence-electron chi connectivity index (χ0n) is 11.0. The van der Waals surface area contributed by atoms with Crippen LogP contribution in [0, 0.1) is 11.3 Å². The maximum atomic E-state index is 12.8. The van der Waals surface area contributed by atoms with Crippen LogP contribution in [0.15, 0.2) is 18.5 Å². The molecule has 4 nitrogen and oxygen atoms in total. The minimum absolute atomic E-state index is 0.0602. The molecule has 7 heteroatoms. The number of alkyl halides is 3. The highest BCUT2D eigenvalue weighted by Gasteiger charge is 2.44. The van der Waals surface area contributed by atoms with Gasteiger partial charge in [-0.25, -0.2) is 0 Å². The normalized spacial score (nSPS) is 24.1. The summed E-state index contributed by atoms with van der Waals surface area (Å²) in [6.07, 6.45) is -0.720. The summed E-state index contributed by atoms with van der Waals surface area (Å²) < 4.78 is 38.3. The second kappa shape index (κ2) is 5.67. The van der Waals surface area contributed by atoms with E-state index in [1.165, 1.54) is 18.1 Å². The first-order chi connectivity index (χ1) is 9.41. The van der Waals surface area contributed by atoms with Crippen LogP contribution in [0.4, 0.5) is 18.9 Å². The molecule has 0 unspecified atom stereocenters. The van der Waals surface area contributed by atoms with Gasteiger partial charge in [-0.3, -0.25) is 9.88 Å². The Hall–Kier alpha value is -1.81. The summed E-state index contributed by atoms with van der Waals surface area (Å²) in [6, 6.07) is 2.19. The quantitative estimate of drug-likeness (QED) is 0.906. The molecule has 0 bridgehead atoms. The third-order valence-electron chi connectivity index (χ3n) is 3.51. The highest BCUT2D eigenvalue weighted by atomic mass is 19.4. The van der Waals surface area contributed by atoms with Crippen molar-refractivity contribution in [1.82, 2.24) is 9.88 Å². The van der Waals surface area contributed by atoms with Crippen LogP contribution in [-0.4, -0.2) is 41.7 Å². The largest absolute Gasteiger partial charge is 0.404 e. The van der Waals surface area contributed by atoms with Gasteiger partial charge in [0, 0.05) is 25.0 Å². The van der Waals surface area contributed by atoms with Gasteiger partial charge in [0.15, 0.2) is 0 Å². The van der Waals surface area contributed by atoms with Crippen molar-refractivity contribution in [2.45, 2.75) is 31.1 Å². The SMILES string of the molecule is CN1C[C@H](Nc2ccncc2C#N)CC[C@H]1C(F)(F)F. The minimum atomic E-state index is -4.19. The van der Waals surface area contributed by atoms with Crippen molar-refractivity contribution in [2.24, 2.45) is 0 Å². The summed E-state index contributed by atoms with van der Waals surface area (Å²) in [6.45, 7) is 0.289. The summed E-state index contributed by atoms with van der Waals surface area (Å²) in [7, 11) is 1.48. The molecule has 108 valence electrons. The molecule has 0 radical (unpaired) electrons. The smallest absolute Gasteiger partial charge is 0.380 e. The van der Waals surface area contributed by atoms with E-state index in [0.29, 0.717) is 17.7 Å². The van der Waals surface area contributed by atoms with E-state index in [1.807, 2.05) is 6.07 Å². The topological polar surface area (TPSA) is 52.0 Å². The highest BCUT2D eigenvalue weighted by molar-refractivity contribution is 5.56. The minimum Gasteiger partial charge on any atom is -0.380 e. The van der Waals surface area contributed by atoms with Gasteiger partial charge in [0.1, 0.15) is 12.1 Å². The van der Waals surface area contributed by atoms with Crippen molar-refractivity contribution in [3.63, 3.8) is 0 Å². The number of rotatable bonds is 2. The Kier molecular flexibility index (Phi) is 4.14. The number of likely N-dealkylation sites (tertiary alicyclic amines) is 1. The molecule has 0 spiro atoms. The highest BCUT2D eigenvalue weighted by Crippen LogP contribution is 2.31. The standard InChI is InChI=1S/C13H15F3N4/c1-20-8-10(2-3-12(20)13(14,15)16)19-11-4-5-18-7-9(11)6-17/h4-5,7,10,12H,2-3,8H2,1H3,(H,18,19)/t10-,12+/m1/s1. The van der Waals surface area contributed by atoms with Gasteiger partial charge in [-0.2, -0.15) is 18.4 Å². The second-order valence-corrected chi connectivity index (χ2v) is 4.95. The number of anilines is 1. The maximum Gasteiger partial charge on any atom is 0.404 e. The zero-order valence-corrected chi connectivity index (χ0v) is 11.0. The fourth-order valence-corrected chi connectivity index (χ4v) is 2.51. The van der Waals surface area contributed by atoms with Gasteiger partial charge in [0.2, 0.25) is 0 Å². The van der Waals surface area contributed by atoms with Crippen molar-refractivity contribution in [2.75, 3.05) is 18.9 Å². The molecule has 2 heterocycles. The van der Waals surface area contributed by atoms with Crippen LogP contribution in [0.5, 0.6) is 0 Å². The Balaban J connectivity index is 2.02. The molecule has 1 N–H and O–H groups in total. The molecule has 2 rings (SSSR count). The van der Waals surface area contributed by atoms with Crippen LogP contribution in [0.2, 0.25) is 0 Å². The maximum absolute atomic E-state index is 12.8. The van der Waals surface area contributed by atoms with E-state index in [4.69, 9.17) is 5.26 Å². The van der Waals surface area contributed by atoms with Crippen LogP contribution in [0.1, 0.15) is 18.4 Å². The Morgan fingerprint density at radius 1 is 1.45 bits per heavy atom. The monoisotopic (exact) mass is 284 g/mol. The molecular formula is C13H15F3N4. The lowest BCUT2D eigenvalue weighted by atomic mass is 9.98. The number of piperidine rings is 1. The fraction of sp³-hybridized carbons (Fsp3) is 0.538. The molecule has 1 aliphatic heterocycles. The van der Waals surface area contributed by atoms with E-state index >= 15 is 0 Å². The lowest BCUT2D eigenvalue weighted by Gasteiger charge is -2.38. The van der Waals surface area contributed by atoms with E-state index in [9.17, 15) is 13.2 Å². The number of halogens is 3. The average molecular weight is 284 g/mol. The molecule has 1 fully saturated rings. The second-order valence-electron chi connectivity index (χ2n) is 4.95. The fourth-order valence-electron chi connectivity index (χ4n) is 2.51. The lowest BCUT2D eigenvalue weighted by Crippen LogP contribution is -2.52. The number of likely N-dealkylation sites (N-methyl/N-ethyl adjacent to an activating group) is 1. The van der Waals surface area contributed by atoms with E-state index in [-0.39, 0.29) is 19.0 Å². The Bertz CT molecular complexity index is 509.